The zero-order chi connectivity index (χ0) is 23.9. The number of hydrogen-bond acceptors (Lipinski definition) is 5. The molecular weight excluding hydrogens is 436 g/mol. The van der Waals surface area contributed by atoms with Crippen molar-refractivity contribution in [3.05, 3.63) is 59.7 Å². The molecule has 34 heavy (non-hydrogen) atoms. The van der Waals surface area contributed by atoms with Gasteiger partial charge in [0.2, 0.25) is 0 Å². The Bertz CT molecular complexity index is 1100. The highest BCUT2D eigenvalue weighted by Gasteiger charge is 2.54. The Morgan fingerprint density at radius 3 is 2.32 bits per heavy atom. The summed E-state index contributed by atoms with van der Waals surface area (Å²) in [6, 6.07) is 16.1. The fourth-order valence-corrected chi connectivity index (χ4v) is 5.49. The third-order valence-electron chi connectivity index (χ3n) is 7.46. The van der Waals surface area contributed by atoms with Crippen molar-refractivity contribution in [2.75, 3.05) is 26.4 Å². The first kappa shape index (κ1) is 22.4. The van der Waals surface area contributed by atoms with Crippen LogP contribution < -0.4 is 5.32 Å². The number of alkyl carbamates (subject to hydrolysis) is 1. The molecule has 2 aromatic carbocycles. The van der Waals surface area contributed by atoms with Crippen LogP contribution in [0, 0.1) is 0 Å². The molecule has 5 rings (SSSR count). The number of benzene rings is 2. The number of nitrogens with zero attached hydrogens (tertiary/aromatic N) is 1. The van der Waals surface area contributed by atoms with Gasteiger partial charge in [0.25, 0.3) is 5.91 Å². The van der Waals surface area contributed by atoms with Gasteiger partial charge in [-0.3, -0.25) is 4.79 Å². The second-order valence-electron chi connectivity index (χ2n) is 9.47. The molecule has 2 fully saturated rings. The van der Waals surface area contributed by atoms with E-state index in [0.717, 1.165) is 22.3 Å². The van der Waals surface area contributed by atoms with Crippen molar-refractivity contribution < 1.29 is 29.0 Å². The molecule has 2 unspecified atom stereocenters. The van der Waals surface area contributed by atoms with Gasteiger partial charge >= 0.3 is 12.1 Å². The quantitative estimate of drug-likeness (QED) is 0.704. The minimum atomic E-state index is -1.33. The fraction of sp³-hybridized carbons (Fsp3) is 0.423. The molecule has 178 valence electrons. The van der Waals surface area contributed by atoms with Crippen molar-refractivity contribution in [1.29, 1.82) is 0 Å². The molecule has 2 aromatic rings. The van der Waals surface area contributed by atoms with E-state index >= 15 is 0 Å². The molecule has 2 N–H and O–H groups in total. The van der Waals surface area contributed by atoms with Crippen LogP contribution in [-0.4, -0.2) is 65.4 Å². The lowest BCUT2D eigenvalue weighted by Crippen LogP contribution is -2.64. The summed E-state index contributed by atoms with van der Waals surface area (Å²) in [6.07, 6.45) is 0.520. The lowest BCUT2D eigenvalue weighted by Gasteiger charge is -2.38. The van der Waals surface area contributed by atoms with Crippen LogP contribution in [0.15, 0.2) is 48.5 Å². The van der Waals surface area contributed by atoms with Gasteiger partial charge in [0, 0.05) is 25.5 Å². The van der Waals surface area contributed by atoms with Crippen LogP contribution in [0.1, 0.15) is 43.2 Å². The van der Waals surface area contributed by atoms with E-state index in [-0.39, 0.29) is 25.6 Å². The molecule has 2 amide bonds. The number of aliphatic carboxylic acids is 1. The minimum Gasteiger partial charge on any atom is -0.480 e. The van der Waals surface area contributed by atoms with Gasteiger partial charge in [0.15, 0.2) is 0 Å². The SMILES string of the molecule is CC1(C(=O)O)CCCN1C(=O)C1(NC(=O)OCC2c3ccccc3-c3ccccc32)CCOC1. The number of carboxylic acids is 1. The van der Waals surface area contributed by atoms with Crippen LogP contribution in [0.2, 0.25) is 0 Å². The number of fused-ring (bicyclic) bond motifs is 3. The molecule has 0 aromatic heterocycles. The molecule has 0 spiro atoms. The highest BCUT2D eigenvalue weighted by atomic mass is 16.6. The summed E-state index contributed by atoms with van der Waals surface area (Å²) in [5.41, 5.74) is 1.83. The number of rotatable bonds is 5. The topological polar surface area (TPSA) is 105 Å². The zero-order valence-electron chi connectivity index (χ0n) is 19.1. The van der Waals surface area contributed by atoms with E-state index in [1.54, 1.807) is 6.92 Å². The third-order valence-corrected chi connectivity index (χ3v) is 7.46. The van der Waals surface area contributed by atoms with Crippen LogP contribution in [0.4, 0.5) is 4.79 Å². The number of carboxylic acid groups (broad SMARTS) is 1. The van der Waals surface area contributed by atoms with E-state index < -0.39 is 29.0 Å². The van der Waals surface area contributed by atoms with Crippen molar-refractivity contribution in [2.24, 2.45) is 0 Å². The molecule has 2 saturated heterocycles. The Morgan fingerprint density at radius 2 is 1.74 bits per heavy atom. The van der Waals surface area contributed by atoms with Crippen molar-refractivity contribution in [3.63, 3.8) is 0 Å². The number of carbonyl (C=O) groups excluding carboxylic acids is 2. The standard InChI is InChI=1S/C26H28N2O6/c1-25(23(30)31)11-6-13-28(25)22(29)26(12-14-33-16-26)27-24(32)34-15-21-19-9-4-2-7-17(19)18-8-3-5-10-20(18)21/h2-5,7-10,21H,6,11-16H2,1H3,(H,27,32)(H,30,31). The summed E-state index contributed by atoms with van der Waals surface area (Å²) in [5, 5.41) is 12.5. The predicted molar refractivity (Wildman–Crippen MR) is 123 cm³/mol. The van der Waals surface area contributed by atoms with Gasteiger partial charge in [-0.05, 0) is 42.0 Å². The van der Waals surface area contributed by atoms with E-state index in [4.69, 9.17) is 9.47 Å². The largest absolute Gasteiger partial charge is 0.480 e. The minimum absolute atomic E-state index is 0.0117. The lowest BCUT2D eigenvalue weighted by molar-refractivity contribution is -0.158. The maximum absolute atomic E-state index is 13.5. The highest BCUT2D eigenvalue weighted by molar-refractivity contribution is 5.95. The molecular formula is C26H28N2O6. The van der Waals surface area contributed by atoms with Gasteiger partial charge in [-0.1, -0.05) is 48.5 Å². The van der Waals surface area contributed by atoms with E-state index in [2.05, 4.69) is 17.4 Å². The van der Waals surface area contributed by atoms with E-state index in [1.165, 1.54) is 4.90 Å². The summed E-state index contributed by atoms with van der Waals surface area (Å²) in [6.45, 7) is 2.30. The number of amides is 2. The van der Waals surface area contributed by atoms with Crippen LogP contribution in [0.3, 0.4) is 0 Å². The first-order valence-electron chi connectivity index (χ1n) is 11.6. The Morgan fingerprint density at radius 1 is 1.09 bits per heavy atom. The van der Waals surface area contributed by atoms with Gasteiger partial charge in [0.05, 0.1) is 6.61 Å². The molecule has 8 heteroatoms. The van der Waals surface area contributed by atoms with Crippen LogP contribution in [-0.2, 0) is 19.1 Å². The third kappa shape index (κ3) is 3.53. The molecule has 0 radical (unpaired) electrons. The maximum Gasteiger partial charge on any atom is 0.408 e. The Kier molecular flexibility index (Phi) is 5.56. The normalized spacial score (nSPS) is 25.6. The number of carbonyl (C=O) groups is 3. The molecule has 0 bridgehead atoms. The second-order valence-corrected chi connectivity index (χ2v) is 9.47. The first-order valence-corrected chi connectivity index (χ1v) is 11.6. The van der Waals surface area contributed by atoms with Crippen molar-refractivity contribution in [3.8, 4) is 11.1 Å². The number of likely N-dealkylation sites (tertiary alicyclic amines) is 1. The van der Waals surface area contributed by atoms with E-state index in [1.807, 2.05) is 36.4 Å². The highest BCUT2D eigenvalue weighted by Crippen LogP contribution is 2.44. The number of nitrogens with one attached hydrogen (secondary N) is 1. The van der Waals surface area contributed by atoms with Crippen molar-refractivity contribution in [1.82, 2.24) is 10.2 Å². The summed E-state index contributed by atoms with van der Waals surface area (Å²) < 4.78 is 11.1. The molecule has 8 nitrogen and oxygen atoms in total. The Balaban J connectivity index is 1.32. The van der Waals surface area contributed by atoms with Crippen molar-refractivity contribution in [2.45, 2.75) is 43.2 Å². The fourth-order valence-electron chi connectivity index (χ4n) is 5.49. The summed E-state index contributed by atoms with van der Waals surface area (Å²) in [5.74, 6) is -1.58. The summed E-state index contributed by atoms with van der Waals surface area (Å²) in [7, 11) is 0. The number of hydrogen-bond donors (Lipinski definition) is 2. The van der Waals surface area contributed by atoms with Gasteiger partial charge in [-0.15, -0.1) is 0 Å². The van der Waals surface area contributed by atoms with Gasteiger partial charge in [-0.25, -0.2) is 9.59 Å². The zero-order valence-corrected chi connectivity index (χ0v) is 19.1. The van der Waals surface area contributed by atoms with E-state index in [0.29, 0.717) is 26.0 Å². The molecule has 1 aliphatic carbocycles. The first-order chi connectivity index (χ1) is 16.4. The number of ether oxygens (including phenoxy) is 2. The average Bonchev–Trinajstić information content (AvgIpc) is 3.54. The van der Waals surface area contributed by atoms with Gasteiger partial charge in [-0.2, -0.15) is 0 Å². The molecule has 2 heterocycles. The molecule has 0 saturated carbocycles. The average molecular weight is 465 g/mol. The summed E-state index contributed by atoms with van der Waals surface area (Å²) >= 11 is 0. The van der Waals surface area contributed by atoms with Gasteiger partial charge < -0.3 is 24.8 Å². The maximum atomic E-state index is 13.5. The van der Waals surface area contributed by atoms with Crippen LogP contribution >= 0.6 is 0 Å². The Labute approximate surface area is 197 Å². The van der Waals surface area contributed by atoms with Crippen molar-refractivity contribution >= 4 is 18.0 Å². The van der Waals surface area contributed by atoms with Gasteiger partial charge in [0.1, 0.15) is 17.7 Å². The monoisotopic (exact) mass is 464 g/mol. The molecule has 3 aliphatic rings. The van der Waals surface area contributed by atoms with Crippen LogP contribution in [0.25, 0.3) is 11.1 Å². The summed E-state index contributed by atoms with van der Waals surface area (Å²) in [4.78, 5) is 39.7. The predicted octanol–water partition coefficient (Wildman–Crippen LogP) is 3.15. The smallest absolute Gasteiger partial charge is 0.408 e. The second kappa shape index (κ2) is 8.43. The van der Waals surface area contributed by atoms with E-state index in [9.17, 15) is 19.5 Å². The van der Waals surface area contributed by atoms with Crippen LogP contribution in [0.5, 0.6) is 0 Å². The molecule has 2 aliphatic heterocycles. The molecule has 2 atom stereocenters. The lowest BCUT2D eigenvalue weighted by atomic mass is 9.92. The Hall–Kier alpha value is -3.39.